The summed E-state index contributed by atoms with van der Waals surface area (Å²) < 4.78 is 18.0. The number of terminal acetylenes is 1. The molecular weight excluding hydrogens is 561 g/mol. The number of aliphatic hydroxyl groups excluding tert-OH is 1. The van der Waals surface area contributed by atoms with E-state index in [2.05, 4.69) is 17.5 Å². The number of aliphatic hydroxyl groups is 1. The van der Waals surface area contributed by atoms with Crippen LogP contribution >= 0.6 is 11.6 Å². The van der Waals surface area contributed by atoms with Crippen LogP contribution in [0.3, 0.4) is 0 Å². The van der Waals surface area contributed by atoms with E-state index < -0.39 is 29.2 Å². The number of aryl methyl sites for hydroxylation is 1. The van der Waals surface area contributed by atoms with Gasteiger partial charge in [-0.25, -0.2) is 9.37 Å². The van der Waals surface area contributed by atoms with Gasteiger partial charge in [0.1, 0.15) is 0 Å². The van der Waals surface area contributed by atoms with Crippen molar-refractivity contribution in [2.75, 3.05) is 19.7 Å². The van der Waals surface area contributed by atoms with Crippen molar-refractivity contribution in [3.63, 3.8) is 0 Å². The molecule has 0 aromatic carbocycles. The summed E-state index contributed by atoms with van der Waals surface area (Å²) >= 11 is 6.65. The fraction of sp³-hybridized carbons (Fsp3) is 0.323. The van der Waals surface area contributed by atoms with Gasteiger partial charge in [-0.2, -0.15) is 0 Å². The standard InChI is InChI=1S/C31H31ClFN5O4/c1-6-8-9-10-21(15-39)13-23-22(32)14-24-28(35-23)38(27-20(5)11-12-34-26(27)19(3)4)30(42)29(41)37(24)18-31(33)16-36(17-31)25(40)7-2/h1,7-12,14,19,39H,2,13,15-18H2,3-5H3/b9-8-,21-10+. The molecule has 0 atom stereocenters. The molecule has 11 heteroatoms. The number of halogens is 2. The predicted octanol–water partition coefficient (Wildman–Crippen LogP) is 3.41. The number of carbonyl (C=O) groups is 1. The van der Waals surface area contributed by atoms with E-state index in [9.17, 15) is 19.5 Å². The number of hydrogen-bond acceptors (Lipinski definition) is 6. The number of likely N-dealkylation sites (tertiary alicyclic amines) is 1. The molecule has 1 aliphatic rings. The first kappa shape index (κ1) is 30.6. The number of rotatable bonds is 9. The average molecular weight is 592 g/mol. The highest BCUT2D eigenvalue weighted by Crippen LogP contribution is 2.31. The van der Waals surface area contributed by atoms with Crippen molar-refractivity contribution in [3.05, 3.63) is 97.5 Å². The van der Waals surface area contributed by atoms with Gasteiger partial charge < -0.3 is 10.0 Å². The second-order valence-electron chi connectivity index (χ2n) is 10.5. The molecule has 0 unspecified atom stereocenters. The molecule has 0 bridgehead atoms. The molecule has 4 heterocycles. The molecule has 0 aliphatic carbocycles. The first-order valence-corrected chi connectivity index (χ1v) is 13.6. The lowest BCUT2D eigenvalue weighted by molar-refractivity contribution is -0.141. The van der Waals surface area contributed by atoms with E-state index in [0.29, 0.717) is 28.2 Å². The van der Waals surface area contributed by atoms with Gasteiger partial charge in [-0.1, -0.05) is 50.1 Å². The van der Waals surface area contributed by atoms with Crippen LogP contribution < -0.4 is 11.1 Å². The molecule has 0 spiro atoms. The van der Waals surface area contributed by atoms with E-state index in [1.165, 1.54) is 21.6 Å². The van der Waals surface area contributed by atoms with Gasteiger partial charge in [-0.3, -0.25) is 28.5 Å². The van der Waals surface area contributed by atoms with Crippen molar-refractivity contribution >= 4 is 28.7 Å². The van der Waals surface area contributed by atoms with E-state index in [1.54, 1.807) is 31.3 Å². The van der Waals surface area contributed by atoms with E-state index in [1.807, 2.05) is 13.8 Å². The Bertz CT molecular complexity index is 1790. The van der Waals surface area contributed by atoms with Crippen molar-refractivity contribution in [1.29, 1.82) is 0 Å². The molecule has 218 valence electrons. The number of hydrogen-bond donors (Lipinski definition) is 1. The molecule has 3 aromatic heterocycles. The topological polar surface area (TPSA) is 110 Å². The molecule has 1 saturated heterocycles. The van der Waals surface area contributed by atoms with Crippen molar-refractivity contribution in [2.24, 2.45) is 0 Å². The second-order valence-corrected chi connectivity index (χ2v) is 10.9. The third-order valence-electron chi connectivity index (χ3n) is 7.07. The second kappa shape index (κ2) is 12.3. The van der Waals surface area contributed by atoms with Gasteiger partial charge in [0.25, 0.3) is 0 Å². The van der Waals surface area contributed by atoms with Crippen LogP contribution in [0.4, 0.5) is 4.39 Å². The molecule has 0 saturated carbocycles. The highest BCUT2D eigenvalue weighted by atomic mass is 35.5. The number of amides is 1. The first-order valence-electron chi connectivity index (χ1n) is 13.3. The van der Waals surface area contributed by atoms with Crippen molar-refractivity contribution in [2.45, 2.75) is 45.3 Å². The quantitative estimate of drug-likeness (QED) is 0.177. The van der Waals surface area contributed by atoms with Gasteiger partial charge in [0.15, 0.2) is 11.3 Å². The summed E-state index contributed by atoms with van der Waals surface area (Å²) in [6.07, 6.45) is 12.8. The maximum atomic E-state index is 15.8. The lowest BCUT2D eigenvalue weighted by Crippen LogP contribution is -2.63. The number of nitrogens with zero attached hydrogens (tertiary/aromatic N) is 5. The van der Waals surface area contributed by atoms with Gasteiger partial charge in [0.2, 0.25) is 5.91 Å². The molecule has 1 aliphatic heterocycles. The maximum absolute atomic E-state index is 15.8. The number of alkyl halides is 1. The molecule has 42 heavy (non-hydrogen) atoms. The van der Waals surface area contributed by atoms with Crippen molar-refractivity contribution < 1.29 is 14.3 Å². The Morgan fingerprint density at radius 2 is 2.05 bits per heavy atom. The zero-order valence-electron chi connectivity index (χ0n) is 23.6. The minimum Gasteiger partial charge on any atom is -0.392 e. The van der Waals surface area contributed by atoms with Crippen LogP contribution in [-0.4, -0.2) is 60.4 Å². The normalized spacial score (nSPS) is 14.8. The number of fused-ring (bicyclic) bond motifs is 1. The Labute approximate surface area is 247 Å². The smallest absolute Gasteiger partial charge is 0.322 e. The first-order chi connectivity index (χ1) is 19.9. The molecular formula is C31H31ClFN5O4. The van der Waals surface area contributed by atoms with Crippen LogP contribution in [0.2, 0.25) is 5.02 Å². The van der Waals surface area contributed by atoms with E-state index in [-0.39, 0.29) is 48.2 Å². The van der Waals surface area contributed by atoms with Gasteiger partial charge >= 0.3 is 11.1 Å². The zero-order chi connectivity index (χ0) is 30.8. The number of carbonyl (C=O) groups excluding carboxylic acids is 1. The minimum absolute atomic E-state index is 0.0791. The summed E-state index contributed by atoms with van der Waals surface area (Å²) in [5.74, 6) is 1.83. The third-order valence-corrected chi connectivity index (χ3v) is 7.39. The number of allylic oxidation sites excluding steroid dienone is 3. The van der Waals surface area contributed by atoms with Gasteiger partial charge in [0.05, 0.1) is 53.9 Å². The Kier molecular flexibility index (Phi) is 8.95. The highest BCUT2D eigenvalue weighted by molar-refractivity contribution is 6.31. The molecule has 1 N–H and O–H groups in total. The average Bonchev–Trinajstić information content (AvgIpc) is 2.94. The Morgan fingerprint density at radius 3 is 2.67 bits per heavy atom. The summed E-state index contributed by atoms with van der Waals surface area (Å²) in [5, 5.41) is 10.1. The fourth-order valence-corrected chi connectivity index (χ4v) is 5.20. The maximum Gasteiger partial charge on any atom is 0.322 e. The van der Waals surface area contributed by atoms with Crippen LogP contribution in [0.1, 0.15) is 36.7 Å². The summed E-state index contributed by atoms with van der Waals surface area (Å²) in [7, 11) is 0. The Balaban J connectivity index is 2.00. The largest absolute Gasteiger partial charge is 0.392 e. The number of pyridine rings is 2. The van der Waals surface area contributed by atoms with Gasteiger partial charge in [-0.05, 0) is 48.3 Å². The summed E-state index contributed by atoms with van der Waals surface area (Å²) in [4.78, 5) is 49.9. The molecule has 1 amide bonds. The van der Waals surface area contributed by atoms with E-state index >= 15 is 4.39 Å². The van der Waals surface area contributed by atoms with Crippen LogP contribution in [0.5, 0.6) is 0 Å². The van der Waals surface area contributed by atoms with Crippen molar-refractivity contribution in [3.8, 4) is 18.0 Å². The fourth-order valence-electron chi connectivity index (χ4n) is 4.99. The lowest BCUT2D eigenvalue weighted by Gasteiger charge is -2.44. The lowest BCUT2D eigenvalue weighted by atomic mass is 9.95. The van der Waals surface area contributed by atoms with Crippen LogP contribution in [-0.2, 0) is 17.8 Å². The van der Waals surface area contributed by atoms with E-state index in [4.69, 9.17) is 23.0 Å². The van der Waals surface area contributed by atoms with Crippen LogP contribution in [0, 0.1) is 19.3 Å². The van der Waals surface area contributed by atoms with Crippen LogP contribution in [0.15, 0.2) is 64.4 Å². The Morgan fingerprint density at radius 1 is 1.33 bits per heavy atom. The monoisotopic (exact) mass is 591 g/mol. The zero-order valence-corrected chi connectivity index (χ0v) is 24.4. The predicted molar refractivity (Wildman–Crippen MR) is 161 cm³/mol. The number of aromatic nitrogens is 4. The van der Waals surface area contributed by atoms with Gasteiger partial charge in [0, 0.05) is 12.6 Å². The molecule has 0 radical (unpaired) electrons. The molecule has 3 aromatic rings. The Hall–Kier alpha value is -4.33. The molecule has 1 fully saturated rings. The van der Waals surface area contributed by atoms with E-state index in [0.717, 1.165) is 10.6 Å². The summed E-state index contributed by atoms with van der Waals surface area (Å²) in [6.45, 7) is 7.73. The molecule has 9 nitrogen and oxygen atoms in total. The van der Waals surface area contributed by atoms with Gasteiger partial charge in [-0.15, -0.1) is 6.42 Å². The third kappa shape index (κ3) is 5.84. The van der Waals surface area contributed by atoms with Crippen LogP contribution in [0.25, 0.3) is 16.9 Å². The summed E-state index contributed by atoms with van der Waals surface area (Å²) in [5.41, 5.74) is -1.11. The minimum atomic E-state index is -1.96. The molecule has 4 rings (SSSR count). The highest BCUT2D eigenvalue weighted by Gasteiger charge is 2.46. The SMILES string of the molecule is C#C/C=C\C=C(\CO)Cc1nc2c(cc1Cl)n(CC1(F)CN(C(=O)C=C)C1)c(=O)c(=O)n2-c1c(C)ccnc1C(C)C. The van der Waals surface area contributed by atoms with Crippen molar-refractivity contribution in [1.82, 2.24) is 24.0 Å². The summed E-state index contributed by atoms with van der Waals surface area (Å²) in [6, 6.07) is 3.20.